The monoisotopic (exact) mass is 444 g/mol. The van der Waals surface area contributed by atoms with Gasteiger partial charge in [-0.1, -0.05) is 30.3 Å². The van der Waals surface area contributed by atoms with Crippen molar-refractivity contribution in [2.75, 3.05) is 21.3 Å². The smallest absolute Gasteiger partial charge is 0.203 e. The molecule has 0 saturated carbocycles. The molecule has 1 unspecified atom stereocenters. The van der Waals surface area contributed by atoms with Crippen LogP contribution in [0.25, 0.3) is 16.8 Å². The van der Waals surface area contributed by atoms with Crippen LogP contribution in [0.3, 0.4) is 0 Å². The lowest BCUT2D eigenvalue weighted by molar-refractivity contribution is 0.0955. The van der Waals surface area contributed by atoms with Gasteiger partial charge in [-0.3, -0.25) is 4.79 Å². The molecule has 1 aliphatic rings. The summed E-state index contributed by atoms with van der Waals surface area (Å²) in [5, 5.41) is 13.5. The fourth-order valence-electron chi connectivity index (χ4n) is 4.59. The van der Waals surface area contributed by atoms with E-state index >= 15 is 0 Å². The highest BCUT2D eigenvalue weighted by Gasteiger charge is 2.32. The van der Waals surface area contributed by atoms with Crippen molar-refractivity contribution in [3.05, 3.63) is 65.1 Å². The van der Waals surface area contributed by atoms with E-state index in [2.05, 4.69) is 10.2 Å². The van der Waals surface area contributed by atoms with Crippen LogP contribution in [0.4, 0.5) is 0 Å². The normalized spacial score (nSPS) is 15.4. The van der Waals surface area contributed by atoms with Crippen LogP contribution in [0.1, 0.15) is 39.8 Å². The Kier molecular flexibility index (Phi) is 5.20. The molecule has 4 aromatic rings. The summed E-state index contributed by atoms with van der Waals surface area (Å²) in [4.78, 5) is 13.1. The van der Waals surface area contributed by atoms with Crippen molar-refractivity contribution in [1.82, 2.24) is 19.8 Å². The number of Topliss-reactive ketones (excluding diaryl/α,β-unsaturated/α-hetero) is 1. The summed E-state index contributed by atoms with van der Waals surface area (Å²) in [6.07, 6.45) is 0.901. The predicted octanol–water partition coefficient (Wildman–Crippen LogP) is 4.04. The van der Waals surface area contributed by atoms with Gasteiger partial charge in [0.25, 0.3) is 0 Å². The van der Waals surface area contributed by atoms with Crippen molar-refractivity contribution in [2.24, 2.45) is 0 Å². The second-order valence-corrected chi connectivity index (χ2v) is 8.04. The SMILES string of the molecule is COc1cc(C2CC(=O)c3nnc4c(-c5ccccc5)c(C)nn4c3C2)cc(OC)c1OC. The molecule has 0 fully saturated rings. The lowest BCUT2D eigenvalue weighted by Gasteiger charge is -2.24. The summed E-state index contributed by atoms with van der Waals surface area (Å²) in [6, 6.07) is 13.8. The number of hydrogen-bond donors (Lipinski definition) is 0. The maximum atomic E-state index is 13.1. The Labute approximate surface area is 191 Å². The van der Waals surface area contributed by atoms with Crippen LogP contribution >= 0.6 is 0 Å². The van der Waals surface area contributed by atoms with Gasteiger partial charge in [-0.05, 0) is 42.5 Å². The Morgan fingerprint density at radius 2 is 1.64 bits per heavy atom. The van der Waals surface area contributed by atoms with E-state index in [-0.39, 0.29) is 11.7 Å². The highest BCUT2D eigenvalue weighted by atomic mass is 16.5. The minimum absolute atomic E-state index is 0.0567. The zero-order chi connectivity index (χ0) is 23.1. The first-order valence-electron chi connectivity index (χ1n) is 10.7. The molecule has 0 amide bonds. The molecule has 2 aromatic heterocycles. The third-order valence-electron chi connectivity index (χ3n) is 6.17. The van der Waals surface area contributed by atoms with Crippen LogP contribution in [-0.2, 0) is 6.42 Å². The van der Waals surface area contributed by atoms with E-state index in [1.807, 2.05) is 49.4 Å². The number of rotatable bonds is 5. The molecule has 0 bridgehead atoms. The van der Waals surface area contributed by atoms with E-state index in [4.69, 9.17) is 19.3 Å². The van der Waals surface area contributed by atoms with Crippen LogP contribution in [-0.4, -0.2) is 46.9 Å². The molecule has 1 atom stereocenters. The summed E-state index contributed by atoms with van der Waals surface area (Å²) in [5.41, 5.74) is 5.51. The molecule has 2 heterocycles. The molecule has 0 radical (unpaired) electrons. The number of benzene rings is 2. The molecule has 8 heteroatoms. The highest BCUT2D eigenvalue weighted by molar-refractivity contribution is 5.97. The Balaban J connectivity index is 1.63. The van der Waals surface area contributed by atoms with Gasteiger partial charge in [0.2, 0.25) is 5.75 Å². The average molecular weight is 444 g/mol. The van der Waals surface area contributed by atoms with Crippen LogP contribution < -0.4 is 14.2 Å². The summed E-state index contributed by atoms with van der Waals surface area (Å²) in [5.74, 6) is 1.50. The van der Waals surface area contributed by atoms with Crippen molar-refractivity contribution in [3.8, 4) is 28.4 Å². The number of carbonyl (C=O) groups excluding carboxylic acids is 1. The number of aromatic nitrogens is 4. The molecule has 2 aromatic carbocycles. The second-order valence-electron chi connectivity index (χ2n) is 8.04. The van der Waals surface area contributed by atoms with Gasteiger partial charge < -0.3 is 14.2 Å². The number of ether oxygens (including phenoxy) is 3. The first-order chi connectivity index (χ1) is 16.0. The Hall–Kier alpha value is -3.94. The lowest BCUT2D eigenvalue weighted by atomic mass is 9.83. The molecule has 0 N–H and O–H groups in total. The molecule has 0 saturated heterocycles. The summed E-state index contributed by atoms with van der Waals surface area (Å²) >= 11 is 0. The molecule has 33 heavy (non-hydrogen) atoms. The van der Waals surface area contributed by atoms with Gasteiger partial charge in [0.1, 0.15) is 0 Å². The van der Waals surface area contributed by atoms with E-state index in [9.17, 15) is 4.79 Å². The molecule has 5 rings (SSSR count). The maximum Gasteiger partial charge on any atom is 0.203 e. The first kappa shape index (κ1) is 20.9. The van der Waals surface area contributed by atoms with Gasteiger partial charge >= 0.3 is 0 Å². The topological polar surface area (TPSA) is 87.8 Å². The van der Waals surface area contributed by atoms with Gasteiger partial charge in [-0.2, -0.15) is 5.10 Å². The second kappa shape index (κ2) is 8.20. The number of methoxy groups -OCH3 is 3. The summed E-state index contributed by atoms with van der Waals surface area (Å²) in [7, 11) is 4.73. The van der Waals surface area contributed by atoms with E-state index in [1.165, 1.54) is 0 Å². The number of ketones is 1. The van der Waals surface area contributed by atoms with Gasteiger partial charge in [0.05, 0.1) is 38.3 Å². The largest absolute Gasteiger partial charge is 0.493 e. The van der Waals surface area contributed by atoms with Gasteiger partial charge in [0.15, 0.2) is 28.6 Å². The first-order valence-corrected chi connectivity index (χ1v) is 10.7. The van der Waals surface area contributed by atoms with Crippen LogP contribution in [0.5, 0.6) is 17.2 Å². The Morgan fingerprint density at radius 1 is 0.939 bits per heavy atom. The van der Waals surface area contributed by atoms with Crippen LogP contribution in [0, 0.1) is 6.92 Å². The third-order valence-corrected chi connectivity index (χ3v) is 6.17. The average Bonchev–Trinajstić information content (AvgIpc) is 3.19. The standard InChI is InChI=1S/C25H24N4O4/c1-14-22(15-8-6-5-7-9-15)25-27-26-23-18(29(25)28-14)10-16(11-19(23)30)17-12-20(31-2)24(33-4)21(13-17)32-3/h5-9,12-13,16H,10-11H2,1-4H3. The molecule has 0 spiro atoms. The Morgan fingerprint density at radius 3 is 2.27 bits per heavy atom. The Bertz CT molecular complexity index is 1340. The molecule has 168 valence electrons. The minimum Gasteiger partial charge on any atom is -0.493 e. The van der Waals surface area contributed by atoms with E-state index in [1.54, 1.807) is 25.8 Å². The number of fused-ring (bicyclic) bond motifs is 3. The van der Waals surface area contributed by atoms with Crippen molar-refractivity contribution >= 4 is 11.4 Å². The molecule has 8 nitrogen and oxygen atoms in total. The molecular weight excluding hydrogens is 420 g/mol. The lowest BCUT2D eigenvalue weighted by Crippen LogP contribution is -2.24. The maximum absolute atomic E-state index is 13.1. The quantitative estimate of drug-likeness (QED) is 0.459. The molecule has 0 aliphatic heterocycles. The predicted molar refractivity (Wildman–Crippen MR) is 122 cm³/mol. The molecule has 1 aliphatic carbocycles. The fourth-order valence-corrected chi connectivity index (χ4v) is 4.59. The van der Waals surface area contributed by atoms with Gasteiger partial charge in [0, 0.05) is 6.42 Å². The van der Waals surface area contributed by atoms with Gasteiger partial charge in [-0.15, -0.1) is 10.2 Å². The van der Waals surface area contributed by atoms with Crippen LogP contribution in [0.15, 0.2) is 42.5 Å². The van der Waals surface area contributed by atoms with Crippen molar-refractivity contribution in [3.63, 3.8) is 0 Å². The number of carbonyl (C=O) groups is 1. The van der Waals surface area contributed by atoms with Gasteiger partial charge in [-0.25, -0.2) is 4.52 Å². The zero-order valence-corrected chi connectivity index (χ0v) is 19.0. The van der Waals surface area contributed by atoms with E-state index in [0.29, 0.717) is 41.4 Å². The highest BCUT2D eigenvalue weighted by Crippen LogP contribution is 2.42. The van der Waals surface area contributed by atoms with E-state index < -0.39 is 0 Å². The zero-order valence-electron chi connectivity index (χ0n) is 19.0. The van der Waals surface area contributed by atoms with E-state index in [0.717, 1.165) is 28.1 Å². The summed E-state index contributed by atoms with van der Waals surface area (Å²) in [6.45, 7) is 1.95. The number of hydrogen-bond acceptors (Lipinski definition) is 7. The number of aryl methyl sites for hydroxylation is 1. The minimum atomic E-state index is -0.0872. The van der Waals surface area contributed by atoms with Crippen molar-refractivity contribution < 1.29 is 19.0 Å². The molecular formula is C25H24N4O4. The van der Waals surface area contributed by atoms with Crippen molar-refractivity contribution in [2.45, 2.75) is 25.7 Å². The van der Waals surface area contributed by atoms with Crippen LogP contribution in [0.2, 0.25) is 0 Å². The third kappa shape index (κ3) is 3.38. The van der Waals surface area contributed by atoms with Crippen molar-refractivity contribution in [1.29, 1.82) is 0 Å². The number of nitrogens with zero attached hydrogens (tertiary/aromatic N) is 4. The summed E-state index contributed by atoms with van der Waals surface area (Å²) < 4.78 is 18.3. The fraction of sp³-hybridized carbons (Fsp3) is 0.280.